The first-order chi connectivity index (χ1) is 8.65. The van der Waals surface area contributed by atoms with Crippen molar-refractivity contribution in [3.63, 3.8) is 0 Å². The molecule has 2 aliphatic heterocycles. The summed E-state index contributed by atoms with van der Waals surface area (Å²) in [5.41, 5.74) is 0.429. The zero-order chi connectivity index (χ0) is 12.7. The van der Waals surface area contributed by atoms with Gasteiger partial charge in [-0.2, -0.15) is 0 Å². The van der Waals surface area contributed by atoms with Gasteiger partial charge >= 0.3 is 0 Å². The molecule has 5 heteroatoms. The van der Waals surface area contributed by atoms with Gasteiger partial charge < -0.3 is 20.4 Å². The average molecular weight is 248 g/mol. The van der Waals surface area contributed by atoms with E-state index in [0.717, 1.165) is 26.2 Å². The Kier molecular flexibility index (Phi) is 2.63. The fourth-order valence-electron chi connectivity index (χ4n) is 2.86. The van der Waals surface area contributed by atoms with Crippen molar-refractivity contribution in [3.8, 4) is 11.5 Å². The number of aromatic hydroxyl groups is 2. The highest BCUT2D eigenvalue weighted by atomic mass is 16.3. The second-order valence-corrected chi connectivity index (χ2v) is 5.09. The molecule has 0 spiro atoms. The average Bonchev–Trinajstić information content (AvgIpc) is 2.92. The molecule has 0 aromatic heterocycles. The number of carbonyl (C=O) groups excluding carboxylic acids is 1. The number of likely N-dealkylation sites (tertiary alicyclic amines) is 1. The highest BCUT2D eigenvalue weighted by molar-refractivity contribution is 5.95. The monoisotopic (exact) mass is 248 g/mol. The Morgan fingerprint density at radius 3 is 2.44 bits per heavy atom. The molecule has 2 saturated heterocycles. The fourth-order valence-corrected chi connectivity index (χ4v) is 2.86. The van der Waals surface area contributed by atoms with Gasteiger partial charge in [-0.25, -0.2) is 0 Å². The lowest BCUT2D eigenvalue weighted by atomic mass is 10.0. The molecule has 0 radical (unpaired) electrons. The number of hydrogen-bond donors (Lipinski definition) is 3. The van der Waals surface area contributed by atoms with E-state index in [1.54, 1.807) is 6.07 Å². The molecule has 2 fully saturated rings. The zero-order valence-corrected chi connectivity index (χ0v) is 9.97. The molecule has 0 aliphatic carbocycles. The van der Waals surface area contributed by atoms with Crippen molar-refractivity contribution in [1.82, 2.24) is 10.2 Å². The molecule has 3 rings (SSSR count). The number of phenolic OH excluding ortho intramolecular Hbond substituents is 2. The molecule has 18 heavy (non-hydrogen) atoms. The van der Waals surface area contributed by atoms with E-state index in [1.165, 1.54) is 12.1 Å². The first kappa shape index (κ1) is 11.3. The van der Waals surface area contributed by atoms with Gasteiger partial charge in [0.2, 0.25) is 0 Å². The number of fused-ring (bicyclic) bond motifs is 1. The van der Waals surface area contributed by atoms with Gasteiger partial charge in [0, 0.05) is 31.7 Å². The Balaban J connectivity index is 1.77. The predicted molar refractivity (Wildman–Crippen MR) is 65.5 cm³/mol. The molecule has 2 atom stereocenters. The standard InChI is InChI=1S/C13H16N2O3/c16-11-2-1-8(3-12(11)17)13(18)15-6-9-4-14-5-10(9)7-15/h1-3,9-10,14,16-17H,4-7H2. The van der Waals surface area contributed by atoms with Gasteiger partial charge in [0.05, 0.1) is 0 Å². The third kappa shape index (κ3) is 1.80. The molecule has 0 saturated carbocycles. The molecule has 5 nitrogen and oxygen atoms in total. The van der Waals surface area contributed by atoms with Crippen LogP contribution in [0.2, 0.25) is 0 Å². The first-order valence-corrected chi connectivity index (χ1v) is 6.17. The van der Waals surface area contributed by atoms with Gasteiger partial charge in [0.25, 0.3) is 5.91 Å². The third-order valence-corrected chi connectivity index (χ3v) is 3.90. The number of benzene rings is 1. The van der Waals surface area contributed by atoms with E-state index in [0.29, 0.717) is 17.4 Å². The Morgan fingerprint density at radius 2 is 1.83 bits per heavy atom. The molecule has 96 valence electrons. The lowest BCUT2D eigenvalue weighted by Gasteiger charge is -2.17. The van der Waals surface area contributed by atoms with Crippen molar-refractivity contribution < 1.29 is 15.0 Å². The van der Waals surface area contributed by atoms with Crippen molar-refractivity contribution in [2.45, 2.75) is 0 Å². The van der Waals surface area contributed by atoms with Crippen LogP contribution in [0.1, 0.15) is 10.4 Å². The van der Waals surface area contributed by atoms with E-state index in [9.17, 15) is 15.0 Å². The van der Waals surface area contributed by atoms with Crippen molar-refractivity contribution in [1.29, 1.82) is 0 Å². The van der Waals surface area contributed by atoms with Gasteiger partial charge in [0.15, 0.2) is 11.5 Å². The number of amides is 1. The molecule has 2 heterocycles. The summed E-state index contributed by atoms with van der Waals surface area (Å²) in [5.74, 6) is 0.593. The van der Waals surface area contributed by atoms with Crippen molar-refractivity contribution in [2.24, 2.45) is 11.8 Å². The third-order valence-electron chi connectivity index (χ3n) is 3.90. The van der Waals surface area contributed by atoms with Crippen LogP contribution in [0.5, 0.6) is 11.5 Å². The summed E-state index contributed by atoms with van der Waals surface area (Å²) in [6.07, 6.45) is 0. The number of rotatable bonds is 1. The van der Waals surface area contributed by atoms with Crippen LogP contribution in [0.3, 0.4) is 0 Å². The van der Waals surface area contributed by atoms with Crippen LogP contribution in [0, 0.1) is 11.8 Å². The number of carbonyl (C=O) groups is 1. The minimum Gasteiger partial charge on any atom is -0.504 e. The van der Waals surface area contributed by atoms with Crippen molar-refractivity contribution in [2.75, 3.05) is 26.2 Å². The molecule has 1 aromatic carbocycles. The van der Waals surface area contributed by atoms with Crippen LogP contribution in [-0.2, 0) is 0 Å². The highest BCUT2D eigenvalue weighted by Gasteiger charge is 2.38. The number of phenols is 2. The fraction of sp³-hybridized carbons (Fsp3) is 0.462. The second-order valence-electron chi connectivity index (χ2n) is 5.09. The molecule has 1 aromatic rings. The van der Waals surface area contributed by atoms with Crippen molar-refractivity contribution >= 4 is 5.91 Å². The summed E-state index contributed by atoms with van der Waals surface area (Å²) in [4.78, 5) is 14.1. The lowest BCUT2D eigenvalue weighted by Crippen LogP contribution is -2.31. The van der Waals surface area contributed by atoms with Crippen LogP contribution >= 0.6 is 0 Å². The second kappa shape index (κ2) is 4.17. The summed E-state index contributed by atoms with van der Waals surface area (Å²) in [7, 11) is 0. The predicted octanol–water partition coefficient (Wildman–Crippen LogP) is 0.389. The maximum atomic E-state index is 12.3. The Labute approximate surface area is 105 Å². The molecule has 0 bridgehead atoms. The Morgan fingerprint density at radius 1 is 1.17 bits per heavy atom. The summed E-state index contributed by atoms with van der Waals surface area (Å²) in [5, 5.41) is 22.0. The van der Waals surface area contributed by atoms with Gasteiger partial charge in [-0.1, -0.05) is 0 Å². The van der Waals surface area contributed by atoms with Crippen LogP contribution in [-0.4, -0.2) is 47.2 Å². The van der Waals surface area contributed by atoms with Gasteiger partial charge in [-0.15, -0.1) is 0 Å². The van der Waals surface area contributed by atoms with E-state index >= 15 is 0 Å². The minimum atomic E-state index is -0.248. The van der Waals surface area contributed by atoms with E-state index in [2.05, 4.69) is 5.32 Å². The van der Waals surface area contributed by atoms with Crippen LogP contribution in [0.15, 0.2) is 18.2 Å². The summed E-state index contributed by atoms with van der Waals surface area (Å²) in [6, 6.07) is 4.22. The largest absolute Gasteiger partial charge is 0.504 e. The van der Waals surface area contributed by atoms with Gasteiger partial charge in [-0.05, 0) is 30.0 Å². The van der Waals surface area contributed by atoms with Crippen LogP contribution in [0.4, 0.5) is 0 Å². The minimum absolute atomic E-state index is 0.0697. The number of hydrogen-bond acceptors (Lipinski definition) is 4. The quantitative estimate of drug-likeness (QED) is 0.629. The van der Waals surface area contributed by atoms with Crippen LogP contribution in [0.25, 0.3) is 0 Å². The summed E-state index contributed by atoms with van der Waals surface area (Å²) in [6.45, 7) is 3.51. The summed E-state index contributed by atoms with van der Waals surface area (Å²) < 4.78 is 0. The normalized spacial score (nSPS) is 26.3. The molecular weight excluding hydrogens is 232 g/mol. The first-order valence-electron chi connectivity index (χ1n) is 6.17. The van der Waals surface area contributed by atoms with E-state index in [4.69, 9.17) is 0 Å². The summed E-state index contributed by atoms with van der Waals surface area (Å²) >= 11 is 0. The topological polar surface area (TPSA) is 72.8 Å². The highest BCUT2D eigenvalue weighted by Crippen LogP contribution is 2.29. The van der Waals surface area contributed by atoms with Crippen molar-refractivity contribution in [3.05, 3.63) is 23.8 Å². The molecule has 2 unspecified atom stereocenters. The molecular formula is C13H16N2O3. The van der Waals surface area contributed by atoms with E-state index in [1.807, 2.05) is 4.90 Å². The Bertz CT molecular complexity index is 477. The number of nitrogens with one attached hydrogen (secondary N) is 1. The maximum absolute atomic E-state index is 12.3. The SMILES string of the molecule is O=C(c1ccc(O)c(O)c1)N1CC2CNCC2C1. The van der Waals surface area contributed by atoms with Gasteiger partial charge in [-0.3, -0.25) is 4.79 Å². The van der Waals surface area contributed by atoms with Gasteiger partial charge in [0.1, 0.15) is 0 Å². The maximum Gasteiger partial charge on any atom is 0.254 e. The Hall–Kier alpha value is -1.75. The van der Waals surface area contributed by atoms with E-state index < -0.39 is 0 Å². The molecule has 2 aliphatic rings. The smallest absolute Gasteiger partial charge is 0.254 e. The molecule has 3 N–H and O–H groups in total. The lowest BCUT2D eigenvalue weighted by molar-refractivity contribution is 0.0781. The molecule has 1 amide bonds. The van der Waals surface area contributed by atoms with E-state index in [-0.39, 0.29) is 17.4 Å². The van der Waals surface area contributed by atoms with Crippen LogP contribution < -0.4 is 5.32 Å². The zero-order valence-electron chi connectivity index (χ0n) is 9.97. The number of nitrogens with zero attached hydrogens (tertiary/aromatic N) is 1.